The van der Waals surface area contributed by atoms with Crippen LogP contribution in [-0.4, -0.2) is 21.1 Å². The molecule has 0 fully saturated rings. The van der Waals surface area contributed by atoms with Crippen molar-refractivity contribution in [2.75, 3.05) is 6.26 Å². The number of nitrogens with zero attached hydrogens (tertiary/aromatic N) is 4. The molecule has 39 heavy (non-hydrogen) atoms. The second-order valence-corrected chi connectivity index (χ2v) is 13.0. The van der Waals surface area contributed by atoms with E-state index in [4.69, 9.17) is 4.98 Å². The first-order valence-electron chi connectivity index (χ1n) is 12.2. The van der Waals surface area contributed by atoms with Crippen LogP contribution in [-0.2, 0) is 6.16 Å². The number of non-ortho nitro benzene ring substituents is 1. The van der Waals surface area contributed by atoms with Crippen LogP contribution in [0.2, 0.25) is 0 Å². The van der Waals surface area contributed by atoms with Crippen LogP contribution in [0.5, 0.6) is 0 Å². The number of hydrogen-bond donors (Lipinski definition) is 0. The molecule has 5 aromatic rings. The molecular formula is C31H24N4O2PS+. The van der Waals surface area contributed by atoms with Crippen LogP contribution >= 0.6 is 19.0 Å². The maximum Gasteiger partial charge on any atom is 0.270 e. The van der Waals surface area contributed by atoms with Gasteiger partial charge in [0.25, 0.3) is 5.69 Å². The maximum absolute atomic E-state index is 11.5. The van der Waals surface area contributed by atoms with E-state index in [0.717, 1.165) is 0 Å². The van der Waals surface area contributed by atoms with Gasteiger partial charge in [-0.2, -0.15) is 5.26 Å². The van der Waals surface area contributed by atoms with Crippen molar-refractivity contribution in [3.05, 3.63) is 137 Å². The highest BCUT2D eigenvalue weighted by Crippen LogP contribution is 2.58. The van der Waals surface area contributed by atoms with Gasteiger partial charge in [-0.3, -0.25) is 10.1 Å². The van der Waals surface area contributed by atoms with E-state index in [9.17, 15) is 15.4 Å². The van der Waals surface area contributed by atoms with Crippen molar-refractivity contribution in [1.29, 1.82) is 5.26 Å². The zero-order valence-electron chi connectivity index (χ0n) is 21.1. The fraction of sp³-hybridized carbons (Fsp3) is 0.0645. The molecule has 0 atom stereocenters. The number of nitriles is 1. The van der Waals surface area contributed by atoms with Crippen LogP contribution in [0.4, 0.5) is 5.69 Å². The lowest BCUT2D eigenvalue weighted by Crippen LogP contribution is -2.33. The quantitative estimate of drug-likeness (QED) is 0.0762. The van der Waals surface area contributed by atoms with Gasteiger partial charge in [0.2, 0.25) is 0 Å². The second-order valence-electron chi connectivity index (χ2n) is 8.77. The van der Waals surface area contributed by atoms with Gasteiger partial charge >= 0.3 is 0 Å². The molecule has 190 valence electrons. The molecule has 4 aromatic carbocycles. The van der Waals surface area contributed by atoms with Crippen LogP contribution < -0.4 is 15.9 Å². The van der Waals surface area contributed by atoms with Crippen LogP contribution in [0.25, 0.3) is 11.3 Å². The average Bonchev–Trinajstić information content (AvgIpc) is 3.00. The van der Waals surface area contributed by atoms with Crippen LogP contribution in [0.1, 0.15) is 11.3 Å². The van der Waals surface area contributed by atoms with Crippen molar-refractivity contribution in [2.45, 2.75) is 11.3 Å². The summed E-state index contributed by atoms with van der Waals surface area (Å²) in [5, 5.41) is 26.0. The standard InChI is InChI=1S/C31H24N4O2PS/c1-39-31-33-29(28(21-32)30(34-31)23-12-11-13-24(20-23)35(36)37)22-38(25-14-5-2-6-15-25,26-16-7-3-8-17-26)27-18-9-4-10-19-27/h2-20H,22H2,1H3/q+1. The van der Waals surface area contributed by atoms with Gasteiger partial charge in [0.15, 0.2) is 5.16 Å². The van der Waals surface area contributed by atoms with E-state index in [1.54, 1.807) is 12.1 Å². The van der Waals surface area contributed by atoms with Crippen molar-refractivity contribution in [3.8, 4) is 17.3 Å². The third kappa shape index (κ3) is 5.18. The Balaban J connectivity index is 1.81. The summed E-state index contributed by atoms with van der Waals surface area (Å²) in [6.45, 7) is 0. The SMILES string of the molecule is CSc1nc(C[P+](c2ccccc2)(c2ccccc2)c2ccccc2)c(C#N)c(-c2cccc([N+](=O)[O-])c2)n1. The molecule has 0 aliphatic carbocycles. The van der Waals surface area contributed by atoms with Crippen molar-refractivity contribution < 1.29 is 4.92 Å². The number of hydrogen-bond acceptors (Lipinski definition) is 6. The maximum atomic E-state index is 11.5. The summed E-state index contributed by atoms with van der Waals surface area (Å²) >= 11 is 1.38. The zero-order chi connectivity index (χ0) is 27.2. The second kappa shape index (κ2) is 11.6. The third-order valence-corrected chi connectivity index (χ3v) is 11.4. The topological polar surface area (TPSA) is 92.7 Å². The van der Waals surface area contributed by atoms with Gasteiger partial charge in [0.1, 0.15) is 46.7 Å². The molecule has 0 amide bonds. The molecule has 1 heterocycles. The summed E-state index contributed by atoms with van der Waals surface area (Å²) in [6, 6.07) is 39.8. The lowest BCUT2D eigenvalue weighted by molar-refractivity contribution is -0.384. The lowest BCUT2D eigenvalue weighted by atomic mass is 10.1. The lowest BCUT2D eigenvalue weighted by Gasteiger charge is -2.28. The van der Waals surface area contributed by atoms with E-state index in [0.29, 0.717) is 33.8 Å². The Bertz CT molecular complexity index is 1560. The van der Waals surface area contributed by atoms with E-state index < -0.39 is 12.2 Å². The number of nitro groups is 1. The molecular weight excluding hydrogens is 523 g/mol. The van der Waals surface area contributed by atoms with Gasteiger partial charge in [-0.1, -0.05) is 78.5 Å². The largest absolute Gasteiger partial charge is 0.270 e. The molecule has 0 bridgehead atoms. The predicted molar refractivity (Wildman–Crippen MR) is 159 cm³/mol. The monoisotopic (exact) mass is 547 g/mol. The molecule has 0 aliphatic rings. The molecule has 0 N–H and O–H groups in total. The van der Waals surface area contributed by atoms with Gasteiger partial charge in [-0.05, 0) is 42.7 Å². The van der Waals surface area contributed by atoms with E-state index in [2.05, 4.69) is 47.5 Å². The minimum Gasteiger partial charge on any atom is -0.258 e. The predicted octanol–water partition coefficient (Wildman–Crippen LogP) is 6.14. The Morgan fingerprint density at radius 3 is 1.82 bits per heavy atom. The zero-order valence-corrected chi connectivity index (χ0v) is 22.8. The third-order valence-electron chi connectivity index (χ3n) is 6.57. The Morgan fingerprint density at radius 1 is 0.821 bits per heavy atom. The molecule has 0 saturated carbocycles. The van der Waals surface area contributed by atoms with Crippen molar-refractivity contribution in [3.63, 3.8) is 0 Å². The first kappa shape index (κ1) is 26.2. The van der Waals surface area contributed by atoms with Crippen LogP contribution in [0.15, 0.2) is 120 Å². The number of thioether (sulfide) groups is 1. The first-order chi connectivity index (χ1) is 19.1. The smallest absolute Gasteiger partial charge is 0.258 e. The van der Waals surface area contributed by atoms with Crippen LogP contribution in [0, 0.1) is 21.4 Å². The van der Waals surface area contributed by atoms with E-state index in [1.165, 1.54) is 39.8 Å². The molecule has 0 aliphatic heterocycles. The van der Waals surface area contributed by atoms with Crippen molar-refractivity contribution >= 4 is 40.6 Å². The van der Waals surface area contributed by atoms with Gasteiger partial charge in [-0.15, -0.1) is 0 Å². The highest BCUT2D eigenvalue weighted by molar-refractivity contribution is 7.98. The number of rotatable bonds is 8. The fourth-order valence-electron chi connectivity index (χ4n) is 4.78. The number of benzene rings is 4. The summed E-state index contributed by atoms with van der Waals surface area (Å²) in [4.78, 5) is 20.6. The Kier molecular flexibility index (Phi) is 7.79. The Hall–Kier alpha value is -4.37. The molecule has 0 unspecified atom stereocenters. The minimum atomic E-state index is -2.34. The highest BCUT2D eigenvalue weighted by Gasteiger charge is 2.46. The van der Waals surface area contributed by atoms with Gasteiger partial charge < -0.3 is 0 Å². The molecule has 0 radical (unpaired) electrons. The summed E-state index contributed by atoms with van der Waals surface area (Å²) in [7, 11) is -2.34. The molecule has 0 saturated heterocycles. The summed E-state index contributed by atoms with van der Waals surface area (Å²) in [6.07, 6.45) is 2.38. The van der Waals surface area contributed by atoms with Crippen LogP contribution in [0.3, 0.4) is 0 Å². The Labute approximate surface area is 231 Å². The van der Waals surface area contributed by atoms with E-state index in [-0.39, 0.29) is 5.69 Å². The molecule has 0 spiro atoms. The van der Waals surface area contributed by atoms with E-state index in [1.807, 2.05) is 60.9 Å². The van der Waals surface area contributed by atoms with E-state index >= 15 is 0 Å². The highest BCUT2D eigenvalue weighted by atomic mass is 32.2. The summed E-state index contributed by atoms with van der Waals surface area (Å²) in [5.41, 5.74) is 1.83. The molecule has 6 nitrogen and oxygen atoms in total. The minimum absolute atomic E-state index is 0.0537. The van der Waals surface area contributed by atoms with Crippen molar-refractivity contribution in [1.82, 2.24) is 9.97 Å². The average molecular weight is 548 g/mol. The Morgan fingerprint density at radius 2 is 1.36 bits per heavy atom. The van der Waals surface area contributed by atoms with Gasteiger partial charge in [0.05, 0.1) is 10.6 Å². The summed E-state index contributed by atoms with van der Waals surface area (Å²) in [5.74, 6) is 0. The fourth-order valence-corrected chi connectivity index (χ4v) is 9.32. The van der Waals surface area contributed by atoms with Crippen molar-refractivity contribution in [2.24, 2.45) is 0 Å². The van der Waals surface area contributed by atoms with Gasteiger partial charge in [0, 0.05) is 17.7 Å². The molecule has 5 rings (SSSR count). The summed E-state index contributed by atoms with van der Waals surface area (Å²) < 4.78 is 0. The number of nitro benzene ring substituents is 1. The van der Waals surface area contributed by atoms with Gasteiger partial charge in [-0.25, -0.2) is 9.97 Å². The number of aromatic nitrogens is 2. The molecule has 8 heteroatoms. The molecule has 1 aromatic heterocycles. The normalized spacial score (nSPS) is 11.1. The first-order valence-corrected chi connectivity index (χ1v) is 15.4.